The average Bonchev–Trinajstić information content (AvgIpc) is 2.86. The number of nitrogens with zero attached hydrogens (tertiary/aromatic N) is 3. The van der Waals surface area contributed by atoms with E-state index in [9.17, 15) is 9.59 Å². The molecule has 2 heterocycles. The van der Waals surface area contributed by atoms with E-state index in [1.807, 2.05) is 54.3 Å². The Morgan fingerprint density at radius 2 is 1.97 bits per heavy atom. The topological polar surface area (TPSA) is 85.7 Å². The monoisotopic (exact) mass is 450 g/mol. The van der Waals surface area contributed by atoms with E-state index in [4.69, 9.17) is 9.47 Å². The van der Waals surface area contributed by atoms with Crippen LogP contribution in [-0.2, 0) is 17.9 Å². The highest BCUT2D eigenvalue weighted by molar-refractivity contribution is 5.80. The van der Waals surface area contributed by atoms with Gasteiger partial charge in [0, 0.05) is 31.7 Å². The van der Waals surface area contributed by atoms with E-state index < -0.39 is 0 Å². The van der Waals surface area contributed by atoms with Crippen LogP contribution in [0.15, 0.2) is 47.3 Å². The van der Waals surface area contributed by atoms with Crippen LogP contribution in [0.4, 0.5) is 5.82 Å². The van der Waals surface area contributed by atoms with Crippen LogP contribution < -0.4 is 25.2 Å². The van der Waals surface area contributed by atoms with Crippen molar-refractivity contribution in [1.82, 2.24) is 14.9 Å². The third kappa shape index (κ3) is 4.51. The number of carbonyl (C=O) groups excluding carboxylic acids is 1. The second-order valence-corrected chi connectivity index (χ2v) is 8.13. The minimum Gasteiger partial charge on any atom is -0.493 e. The van der Waals surface area contributed by atoms with E-state index in [0.29, 0.717) is 43.5 Å². The Morgan fingerprint density at radius 1 is 1.15 bits per heavy atom. The van der Waals surface area contributed by atoms with Crippen LogP contribution in [-0.4, -0.2) is 42.8 Å². The molecule has 0 radical (unpaired) electrons. The molecule has 1 aromatic heterocycles. The molecule has 1 aliphatic rings. The summed E-state index contributed by atoms with van der Waals surface area (Å²) in [5, 5.41) is 3.03. The van der Waals surface area contributed by atoms with Gasteiger partial charge in [-0.05, 0) is 38.0 Å². The summed E-state index contributed by atoms with van der Waals surface area (Å²) in [6, 6.07) is 13.3. The van der Waals surface area contributed by atoms with Crippen molar-refractivity contribution in [2.75, 3.05) is 32.2 Å². The summed E-state index contributed by atoms with van der Waals surface area (Å²) in [5.74, 6) is 1.40. The Bertz CT molecular complexity index is 1210. The lowest BCUT2D eigenvalue weighted by atomic mass is 9.97. The number of piperidine rings is 1. The molecule has 174 valence electrons. The van der Waals surface area contributed by atoms with Gasteiger partial charge in [-0.1, -0.05) is 24.3 Å². The Hall–Kier alpha value is -3.55. The SMILES string of the molecule is CCn1c(=O)c(N2CCC[C@H](C(=O)NCc3cccc(OC)c3OC)C2)nc2ccccc21. The second-order valence-electron chi connectivity index (χ2n) is 8.13. The van der Waals surface area contributed by atoms with Crippen LogP contribution in [0.5, 0.6) is 11.5 Å². The number of anilines is 1. The van der Waals surface area contributed by atoms with E-state index in [0.717, 1.165) is 29.4 Å². The first-order chi connectivity index (χ1) is 16.1. The van der Waals surface area contributed by atoms with Crippen LogP contribution in [0.3, 0.4) is 0 Å². The van der Waals surface area contributed by atoms with Gasteiger partial charge in [0.2, 0.25) is 5.91 Å². The lowest BCUT2D eigenvalue weighted by Crippen LogP contribution is -2.45. The van der Waals surface area contributed by atoms with Crippen molar-refractivity contribution in [2.45, 2.75) is 32.9 Å². The van der Waals surface area contributed by atoms with Crippen molar-refractivity contribution >= 4 is 22.8 Å². The minimum absolute atomic E-state index is 0.0406. The summed E-state index contributed by atoms with van der Waals surface area (Å²) >= 11 is 0. The highest BCUT2D eigenvalue weighted by Crippen LogP contribution is 2.30. The number of amides is 1. The van der Waals surface area contributed by atoms with Gasteiger partial charge in [0.15, 0.2) is 17.3 Å². The fourth-order valence-electron chi connectivity index (χ4n) is 4.50. The maximum absolute atomic E-state index is 13.2. The van der Waals surface area contributed by atoms with Crippen molar-refractivity contribution < 1.29 is 14.3 Å². The molecule has 8 nitrogen and oxygen atoms in total. The molecule has 0 saturated carbocycles. The summed E-state index contributed by atoms with van der Waals surface area (Å²) in [5.41, 5.74) is 2.34. The average molecular weight is 451 g/mol. The first-order valence-electron chi connectivity index (χ1n) is 11.3. The van der Waals surface area contributed by atoms with Crippen LogP contribution >= 0.6 is 0 Å². The largest absolute Gasteiger partial charge is 0.493 e. The molecular weight excluding hydrogens is 420 g/mol. The molecule has 1 aliphatic heterocycles. The standard InChI is InChI=1S/C25H30N4O4/c1-4-29-20-12-6-5-11-19(20)27-23(25(29)31)28-14-8-10-18(16-28)24(30)26-15-17-9-7-13-21(32-2)22(17)33-3/h5-7,9,11-13,18H,4,8,10,14-16H2,1-3H3,(H,26,30)/t18-/m0/s1. The quantitative estimate of drug-likeness (QED) is 0.596. The molecule has 1 fully saturated rings. The number of ether oxygens (including phenoxy) is 2. The number of methoxy groups -OCH3 is 2. The molecular formula is C25H30N4O4. The first-order valence-corrected chi connectivity index (χ1v) is 11.3. The van der Waals surface area contributed by atoms with Crippen LogP contribution in [0, 0.1) is 5.92 Å². The van der Waals surface area contributed by atoms with E-state index >= 15 is 0 Å². The summed E-state index contributed by atoms with van der Waals surface area (Å²) in [7, 11) is 3.17. The Kier molecular flexibility index (Phi) is 6.82. The molecule has 0 unspecified atom stereocenters. The van der Waals surface area contributed by atoms with Gasteiger partial charge in [-0.25, -0.2) is 4.98 Å². The highest BCUT2D eigenvalue weighted by Gasteiger charge is 2.28. The number of fused-ring (bicyclic) bond motifs is 1. The Balaban J connectivity index is 1.51. The minimum atomic E-state index is -0.224. The molecule has 1 amide bonds. The summed E-state index contributed by atoms with van der Waals surface area (Å²) in [6.45, 7) is 4.03. The number of hydrogen-bond acceptors (Lipinski definition) is 6. The van der Waals surface area contributed by atoms with Crippen LogP contribution in [0.25, 0.3) is 11.0 Å². The van der Waals surface area contributed by atoms with Gasteiger partial charge >= 0.3 is 0 Å². The van der Waals surface area contributed by atoms with Gasteiger partial charge < -0.3 is 24.3 Å². The van der Waals surface area contributed by atoms with Crippen molar-refractivity contribution in [3.63, 3.8) is 0 Å². The molecule has 0 aliphatic carbocycles. The summed E-state index contributed by atoms with van der Waals surface area (Å²) in [6.07, 6.45) is 1.59. The van der Waals surface area contributed by atoms with Gasteiger partial charge in [-0.15, -0.1) is 0 Å². The number of nitrogens with one attached hydrogen (secondary N) is 1. The molecule has 3 aromatic rings. The lowest BCUT2D eigenvalue weighted by molar-refractivity contribution is -0.125. The molecule has 0 spiro atoms. The third-order valence-electron chi connectivity index (χ3n) is 6.18. The maximum Gasteiger partial charge on any atom is 0.293 e. The zero-order valence-electron chi connectivity index (χ0n) is 19.3. The fourth-order valence-corrected chi connectivity index (χ4v) is 4.50. The Morgan fingerprint density at radius 3 is 2.73 bits per heavy atom. The predicted octanol–water partition coefficient (Wildman–Crippen LogP) is 2.97. The van der Waals surface area contributed by atoms with Gasteiger partial charge in [-0.3, -0.25) is 9.59 Å². The molecule has 1 N–H and O–H groups in total. The first kappa shape index (κ1) is 22.6. The van der Waals surface area contributed by atoms with E-state index in [1.54, 1.807) is 18.8 Å². The molecule has 2 aromatic carbocycles. The maximum atomic E-state index is 13.2. The number of aryl methyl sites for hydroxylation is 1. The smallest absolute Gasteiger partial charge is 0.293 e. The number of aromatic nitrogens is 2. The fraction of sp³-hybridized carbons (Fsp3) is 0.400. The van der Waals surface area contributed by atoms with Gasteiger partial charge in [0.05, 0.1) is 31.2 Å². The van der Waals surface area contributed by atoms with Gasteiger partial charge in [-0.2, -0.15) is 0 Å². The van der Waals surface area contributed by atoms with Crippen LogP contribution in [0.2, 0.25) is 0 Å². The normalized spacial score (nSPS) is 16.0. The number of benzene rings is 2. The van der Waals surface area contributed by atoms with Gasteiger partial charge in [0.25, 0.3) is 5.56 Å². The lowest BCUT2D eigenvalue weighted by Gasteiger charge is -2.32. The van der Waals surface area contributed by atoms with E-state index in [1.165, 1.54) is 0 Å². The number of carbonyl (C=O) groups is 1. The zero-order chi connectivity index (χ0) is 23.4. The molecule has 8 heteroatoms. The second kappa shape index (κ2) is 9.94. The number of rotatable bonds is 7. The van der Waals surface area contributed by atoms with E-state index in [-0.39, 0.29) is 17.4 Å². The van der Waals surface area contributed by atoms with Crippen molar-refractivity contribution in [3.05, 3.63) is 58.4 Å². The summed E-state index contributed by atoms with van der Waals surface area (Å²) < 4.78 is 12.5. The molecule has 1 saturated heterocycles. The molecule has 33 heavy (non-hydrogen) atoms. The van der Waals surface area contributed by atoms with Crippen molar-refractivity contribution in [3.8, 4) is 11.5 Å². The molecule has 4 rings (SSSR count). The summed E-state index contributed by atoms with van der Waals surface area (Å²) in [4.78, 5) is 32.8. The molecule has 0 bridgehead atoms. The zero-order valence-corrected chi connectivity index (χ0v) is 19.3. The molecule has 1 atom stereocenters. The highest BCUT2D eigenvalue weighted by atomic mass is 16.5. The number of hydrogen-bond donors (Lipinski definition) is 1. The third-order valence-corrected chi connectivity index (χ3v) is 6.18. The van der Waals surface area contributed by atoms with E-state index in [2.05, 4.69) is 10.3 Å². The predicted molar refractivity (Wildman–Crippen MR) is 128 cm³/mol. The van der Waals surface area contributed by atoms with Crippen molar-refractivity contribution in [1.29, 1.82) is 0 Å². The Labute approximate surface area is 193 Å². The number of para-hydroxylation sites is 3. The van der Waals surface area contributed by atoms with Gasteiger partial charge in [0.1, 0.15) is 0 Å². The van der Waals surface area contributed by atoms with Crippen molar-refractivity contribution in [2.24, 2.45) is 5.92 Å². The van der Waals surface area contributed by atoms with Crippen LogP contribution in [0.1, 0.15) is 25.3 Å².